The maximum absolute atomic E-state index is 14.7. The van der Waals surface area contributed by atoms with Crippen LogP contribution in [0.4, 0.5) is 8.78 Å². The van der Waals surface area contributed by atoms with Gasteiger partial charge in [0.15, 0.2) is 0 Å². The SMILES string of the molecule is C[C@@H](OCc1cn(-c2cccc(Cc3ccccc3)c2)nn1)[C@](O)(Cn1cncn1)c1ccc(F)cc1F. The van der Waals surface area contributed by atoms with Crippen LogP contribution in [0.2, 0.25) is 0 Å². The lowest BCUT2D eigenvalue weighted by molar-refractivity contribution is -0.124. The summed E-state index contributed by atoms with van der Waals surface area (Å²) in [6, 6.07) is 21.2. The molecule has 2 atom stereocenters. The second-order valence-corrected chi connectivity index (χ2v) is 9.08. The van der Waals surface area contributed by atoms with Crippen LogP contribution >= 0.6 is 0 Å². The third-order valence-corrected chi connectivity index (χ3v) is 6.39. The van der Waals surface area contributed by atoms with Gasteiger partial charge in [-0.15, -0.1) is 5.10 Å². The Morgan fingerprint density at radius 3 is 2.58 bits per heavy atom. The van der Waals surface area contributed by atoms with Gasteiger partial charge in [0.2, 0.25) is 0 Å². The Kier molecular flexibility index (Phi) is 7.34. The fourth-order valence-electron chi connectivity index (χ4n) is 4.31. The molecule has 0 spiro atoms. The first-order valence-corrected chi connectivity index (χ1v) is 12.1. The number of hydrogen-bond donors (Lipinski definition) is 1. The Labute approximate surface area is 218 Å². The minimum absolute atomic E-state index is 0.00730. The van der Waals surface area contributed by atoms with Crippen LogP contribution in [0.1, 0.15) is 29.3 Å². The van der Waals surface area contributed by atoms with Crippen molar-refractivity contribution in [1.29, 1.82) is 0 Å². The molecule has 8 nitrogen and oxygen atoms in total. The lowest BCUT2D eigenvalue weighted by Gasteiger charge is -2.34. The summed E-state index contributed by atoms with van der Waals surface area (Å²) in [7, 11) is 0. The van der Waals surface area contributed by atoms with Gasteiger partial charge >= 0.3 is 0 Å². The molecule has 5 aromatic rings. The maximum atomic E-state index is 14.7. The maximum Gasteiger partial charge on any atom is 0.138 e. The molecule has 5 rings (SSSR count). The standard InChI is InChI=1S/C28H26F2N6O2/c1-20(28(37,17-35-19-31-18-32-35)26-11-10-23(29)14-27(26)30)38-16-24-15-36(34-33-24)25-9-5-8-22(13-25)12-21-6-3-2-4-7-21/h2-11,13-15,18-20,37H,12,16-17H2,1H3/t20-,28-/m1/s1. The first kappa shape index (κ1) is 25.4. The molecule has 0 unspecified atom stereocenters. The van der Waals surface area contributed by atoms with Crippen molar-refractivity contribution >= 4 is 0 Å². The average molecular weight is 517 g/mol. The van der Waals surface area contributed by atoms with Gasteiger partial charge in [0.25, 0.3) is 0 Å². The molecular weight excluding hydrogens is 490 g/mol. The molecule has 2 heterocycles. The summed E-state index contributed by atoms with van der Waals surface area (Å²) in [6.45, 7) is 1.46. The van der Waals surface area contributed by atoms with Crippen molar-refractivity contribution in [2.75, 3.05) is 0 Å². The third kappa shape index (κ3) is 5.66. The molecule has 38 heavy (non-hydrogen) atoms. The van der Waals surface area contributed by atoms with Crippen LogP contribution in [0.3, 0.4) is 0 Å². The van der Waals surface area contributed by atoms with Crippen LogP contribution in [0.15, 0.2) is 91.6 Å². The van der Waals surface area contributed by atoms with Crippen LogP contribution in [-0.4, -0.2) is 41.0 Å². The Balaban J connectivity index is 1.31. The minimum atomic E-state index is -1.87. The number of benzene rings is 3. The molecule has 0 saturated carbocycles. The van der Waals surface area contributed by atoms with E-state index in [0.717, 1.165) is 29.8 Å². The molecule has 194 valence electrons. The van der Waals surface area contributed by atoms with E-state index in [4.69, 9.17) is 4.74 Å². The van der Waals surface area contributed by atoms with E-state index < -0.39 is 23.3 Å². The van der Waals surface area contributed by atoms with E-state index in [9.17, 15) is 13.9 Å². The van der Waals surface area contributed by atoms with Crippen LogP contribution in [0.5, 0.6) is 0 Å². The molecule has 3 aromatic carbocycles. The number of halogens is 2. The zero-order chi connectivity index (χ0) is 26.5. The van der Waals surface area contributed by atoms with Crippen molar-refractivity contribution in [2.45, 2.75) is 38.2 Å². The summed E-state index contributed by atoms with van der Waals surface area (Å²) in [5, 5.41) is 24.0. The summed E-state index contributed by atoms with van der Waals surface area (Å²) in [5.74, 6) is -1.63. The van der Waals surface area contributed by atoms with Crippen LogP contribution < -0.4 is 0 Å². The van der Waals surface area contributed by atoms with Crippen molar-refractivity contribution in [3.8, 4) is 5.69 Å². The van der Waals surface area contributed by atoms with E-state index in [1.807, 2.05) is 36.4 Å². The Morgan fingerprint density at radius 1 is 1.00 bits per heavy atom. The molecule has 0 amide bonds. The zero-order valence-corrected chi connectivity index (χ0v) is 20.7. The van der Waals surface area contributed by atoms with Crippen molar-refractivity contribution in [3.63, 3.8) is 0 Å². The number of ether oxygens (including phenoxy) is 1. The van der Waals surface area contributed by atoms with Gasteiger partial charge in [-0.3, -0.25) is 0 Å². The highest BCUT2D eigenvalue weighted by atomic mass is 19.1. The molecule has 0 bridgehead atoms. The highest BCUT2D eigenvalue weighted by Crippen LogP contribution is 2.32. The van der Waals surface area contributed by atoms with Crippen molar-refractivity contribution in [1.82, 2.24) is 29.8 Å². The molecule has 10 heteroatoms. The summed E-state index contributed by atoms with van der Waals surface area (Å²) in [4.78, 5) is 3.88. The smallest absolute Gasteiger partial charge is 0.138 e. The molecule has 0 aliphatic rings. The number of nitrogens with zero attached hydrogens (tertiary/aromatic N) is 6. The van der Waals surface area contributed by atoms with Gasteiger partial charge in [0, 0.05) is 11.6 Å². The summed E-state index contributed by atoms with van der Waals surface area (Å²) < 4.78 is 37.3. The fourth-order valence-corrected chi connectivity index (χ4v) is 4.31. The summed E-state index contributed by atoms with van der Waals surface area (Å²) >= 11 is 0. The summed E-state index contributed by atoms with van der Waals surface area (Å²) in [6.07, 6.45) is 4.31. The molecule has 1 N–H and O–H groups in total. The molecule has 0 aliphatic carbocycles. The zero-order valence-electron chi connectivity index (χ0n) is 20.7. The van der Waals surface area contributed by atoms with E-state index in [2.05, 4.69) is 38.6 Å². The second-order valence-electron chi connectivity index (χ2n) is 9.08. The number of hydrogen-bond acceptors (Lipinski definition) is 6. The molecule has 0 saturated heterocycles. The quantitative estimate of drug-likeness (QED) is 0.299. The lowest BCUT2D eigenvalue weighted by atomic mass is 9.88. The number of aromatic nitrogens is 6. The molecule has 0 aliphatic heterocycles. The topological polar surface area (TPSA) is 90.9 Å². The van der Waals surface area contributed by atoms with Gasteiger partial charge in [-0.25, -0.2) is 23.1 Å². The first-order chi connectivity index (χ1) is 18.4. The molecular formula is C28H26F2N6O2. The van der Waals surface area contributed by atoms with Crippen LogP contribution in [-0.2, 0) is 29.9 Å². The first-order valence-electron chi connectivity index (χ1n) is 12.1. The largest absolute Gasteiger partial charge is 0.380 e. The van der Waals surface area contributed by atoms with E-state index in [1.54, 1.807) is 17.8 Å². The second kappa shape index (κ2) is 11.0. The predicted octanol–water partition coefficient (Wildman–Crippen LogP) is 4.22. The monoisotopic (exact) mass is 516 g/mol. The molecule has 2 aromatic heterocycles. The van der Waals surface area contributed by atoms with E-state index >= 15 is 0 Å². The number of rotatable bonds is 10. The highest BCUT2D eigenvalue weighted by Gasteiger charge is 2.40. The van der Waals surface area contributed by atoms with E-state index in [0.29, 0.717) is 5.69 Å². The highest BCUT2D eigenvalue weighted by molar-refractivity contribution is 5.37. The van der Waals surface area contributed by atoms with Gasteiger partial charge in [-0.05, 0) is 42.7 Å². The molecule has 0 fully saturated rings. The Morgan fingerprint density at radius 2 is 1.82 bits per heavy atom. The molecule has 0 radical (unpaired) electrons. The Bertz CT molecular complexity index is 1490. The van der Waals surface area contributed by atoms with Gasteiger partial charge in [0.05, 0.1) is 31.1 Å². The number of aliphatic hydroxyl groups is 1. The Hall–Kier alpha value is -4.28. The third-order valence-electron chi connectivity index (χ3n) is 6.39. The van der Waals surface area contributed by atoms with Crippen molar-refractivity contribution in [3.05, 3.63) is 126 Å². The van der Waals surface area contributed by atoms with Crippen molar-refractivity contribution in [2.24, 2.45) is 0 Å². The van der Waals surface area contributed by atoms with Gasteiger partial charge < -0.3 is 9.84 Å². The van der Waals surface area contributed by atoms with Crippen LogP contribution in [0, 0.1) is 11.6 Å². The van der Waals surface area contributed by atoms with Crippen LogP contribution in [0.25, 0.3) is 5.69 Å². The van der Waals surface area contributed by atoms with Gasteiger partial charge in [-0.2, -0.15) is 5.10 Å². The van der Waals surface area contributed by atoms with Crippen molar-refractivity contribution < 1.29 is 18.6 Å². The van der Waals surface area contributed by atoms with Gasteiger partial charge in [0.1, 0.15) is 35.6 Å². The minimum Gasteiger partial charge on any atom is -0.380 e. The predicted molar refractivity (Wildman–Crippen MR) is 135 cm³/mol. The normalized spacial score (nSPS) is 13.8. The lowest BCUT2D eigenvalue weighted by Crippen LogP contribution is -2.44. The fraction of sp³-hybridized carbons (Fsp3) is 0.214. The average Bonchev–Trinajstić information content (AvgIpc) is 3.60. The summed E-state index contributed by atoms with van der Waals surface area (Å²) in [5.41, 5.74) is 1.74. The van der Waals surface area contributed by atoms with E-state index in [-0.39, 0.29) is 18.7 Å². The van der Waals surface area contributed by atoms with E-state index in [1.165, 1.54) is 29.0 Å². The van der Waals surface area contributed by atoms with Gasteiger partial charge in [-0.1, -0.05) is 53.7 Å².